The lowest BCUT2D eigenvalue weighted by molar-refractivity contribution is -0.310. The van der Waals surface area contributed by atoms with E-state index in [2.05, 4.69) is 6.92 Å². The summed E-state index contributed by atoms with van der Waals surface area (Å²) >= 11 is 0. The molecule has 2 atom stereocenters. The van der Waals surface area contributed by atoms with Crippen molar-refractivity contribution in [2.24, 2.45) is 5.41 Å². The van der Waals surface area contributed by atoms with Gasteiger partial charge in [0.2, 0.25) is 0 Å². The highest BCUT2D eigenvalue weighted by atomic mass is 17.2. The summed E-state index contributed by atoms with van der Waals surface area (Å²) in [5.74, 6) is -0.247. The summed E-state index contributed by atoms with van der Waals surface area (Å²) in [6.45, 7) is 5.88. The molecule has 1 aliphatic rings. The highest BCUT2D eigenvalue weighted by Crippen LogP contribution is 2.34. The van der Waals surface area contributed by atoms with Crippen molar-refractivity contribution >= 4 is 5.97 Å². The Kier molecular flexibility index (Phi) is 6.09. The Hall–Kier alpha value is -0.610. The van der Waals surface area contributed by atoms with Crippen LogP contribution in [0.1, 0.15) is 59.3 Å². The van der Waals surface area contributed by atoms with E-state index >= 15 is 0 Å². The van der Waals surface area contributed by atoms with E-state index in [1.165, 1.54) is 26.4 Å². The number of unbranched alkanes of at least 4 members (excludes halogenated alkanes) is 3. The first-order valence-corrected chi connectivity index (χ1v) is 6.93. The number of ether oxygens (including phenoxy) is 1. The molecule has 0 bridgehead atoms. The van der Waals surface area contributed by atoms with Crippen LogP contribution in [0.25, 0.3) is 0 Å². The summed E-state index contributed by atoms with van der Waals surface area (Å²) in [5.41, 5.74) is -0.646. The van der Waals surface area contributed by atoms with Crippen LogP contribution in [0.5, 0.6) is 0 Å². The highest BCUT2D eigenvalue weighted by Gasteiger charge is 2.44. The molecule has 0 N–H and O–H groups in total. The maximum absolute atomic E-state index is 11.7. The Balaban J connectivity index is 2.34. The third-order valence-electron chi connectivity index (χ3n) is 3.68. The van der Waals surface area contributed by atoms with Crippen LogP contribution < -0.4 is 0 Å². The van der Waals surface area contributed by atoms with E-state index in [0.717, 1.165) is 19.3 Å². The summed E-state index contributed by atoms with van der Waals surface area (Å²) in [6, 6.07) is 0. The molecule has 1 heterocycles. The quantitative estimate of drug-likeness (QED) is 0.399. The van der Waals surface area contributed by atoms with Gasteiger partial charge in [-0.05, 0) is 20.3 Å². The molecule has 1 aliphatic heterocycles. The maximum atomic E-state index is 11.7. The normalized spacial score (nSPS) is 24.2. The van der Waals surface area contributed by atoms with Crippen LogP contribution in [-0.4, -0.2) is 25.3 Å². The zero-order valence-corrected chi connectivity index (χ0v) is 12.0. The predicted molar refractivity (Wildman–Crippen MR) is 68.9 cm³/mol. The summed E-state index contributed by atoms with van der Waals surface area (Å²) in [4.78, 5) is 22.3. The summed E-state index contributed by atoms with van der Waals surface area (Å²) < 4.78 is 4.80. The topological polar surface area (TPSA) is 44.8 Å². The molecule has 0 radical (unpaired) electrons. The maximum Gasteiger partial charge on any atom is 0.314 e. The first kappa shape index (κ1) is 15.4. The van der Waals surface area contributed by atoms with Crippen molar-refractivity contribution in [2.45, 2.75) is 71.5 Å². The fourth-order valence-electron chi connectivity index (χ4n) is 2.24. The first-order chi connectivity index (χ1) is 8.52. The number of carbonyl (C=O) groups is 1. The van der Waals surface area contributed by atoms with Gasteiger partial charge in [0.25, 0.3) is 0 Å². The van der Waals surface area contributed by atoms with Gasteiger partial charge in [-0.25, -0.2) is 9.78 Å². The second-order valence-corrected chi connectivity index (χ2v) is 5.60. The van der Waals surface area contributed by atoms with E-state index < -0.39 is 5.41 Å². The van der Waals surface area contributed by atoms with Crippen molar-refractivity contribution < 1.29 is 19.3 Å². The third-order valence-corrected chi connectivity index (χ3v) is 3.68. The Bertz CT molecular complexity index is 263. The molecule has 1 saturated heterocycles. The standard InChI is InChI=1S/C14H26O4/c1-5-6-7-8-9-11-10-12(18-17-11)14(2,3)13(15)16-4/h11-12H,5-10H2,1-4H3. The van der Waals surface area contributed by atoms with Gasteiger partial charge in [-0.1, -0.05) is 32.6 Å². The van der Waals surface area contributed by atoms with Crippen LogP contribution >= 0.6 is 0 Å². The zero-order valence-electron chi connectivity index (χ0n) is 12.0. The van der Waals surface area contributed by atoms with Gasteiger partial charge < -0.3 is 4.74 Å². The lowest BCUT2D eigenvalue weighted by atomic mass is 9.83. The van der Waals surface area contributed by atoms with Gasteiger partial charge in [0.1, 0.15) is 6.10 Å². The molecule has 0 aromatic carbocycles. The summed E-state index contributed by atoms with van der Waals surface area (Å²) in [5, 5.41) is 0. The van der Waals surface area contributed by atoms with Crippen molar-refractivity contribution in [1.29, 1.82) is 0 Å². The van der Waals surface area contributed by atoms with Crippen LogP contribution in [0.2, 0.25) is 0 Å². The minimum absolute atomic E-state index is 0.121. The largest absolute Gasteiger partial charge is 0.469 e. The van der Waals surface area contributed by atoms with E-state index in [9.17, 15) is 4.79 Å². The molecule has 0 spiro atoms. The lowest BCUT2D eigenvalue weighted by Crippen LogP contribution is -2.37. The van der Waals surface area contributed by atoms with E-state index in [1.54, 1.807) is 0 Å². The smallest absolute Gasteiger partial charge is 0.314 e. The van der Waals surface area contributed by atoms with Crippen LogP contribution in [0, 0.1) is 5.41 Å². The first-order valence-electron chi connectivity index (χ1n) is 6.93. The van der Waals surface area contributed by atoms with Crippen molar-refractivity contribution in [3.63, 3.8) is 0 Å². The van der Waals surface area contributed by atoms with E-state index in [4.69, 9.17) is 14.5 Å². The molecular weight excluding hydrogens is 232 g/mol. The van der Waals surface area contributed by atoms with Gasteiger partial charge in [-0.15, -0.1) is 0 Å². The molecule has 18 heavy (non-hydrogen) atoms. The second-order valence-electron chi connectivity index (χ2n) is 5.60. The fraction of sp³-hybridized carbons (Fsp3) is 0.929. The number of esters is 1. The molecule has 0 amide bonds. The summed E-state index contributed by atoms with van der Waals surface area (Å²) in [7, 11) is 1.40. The number of hydrogen-bond donors (Lipinski definition) is 0. The number of rotatable bonds is 7. The Morgan fingerprint density at radius 3 is 2.61 bits per heavy atom. The number of hydrogen-bond acceptors (Lipinski definition) is 4. The predicted octanol–water partition coefficient (Wildman–Crippen LogP) is 3.25. The van der Waals surface area contributed by atoms with Crippen LogP contribution in [0.3, 0.4) is 0 Å². The van der Waals surface area contributed by atoms with Gasteiger partial charge in [0.05, 0.1) is 18.6 Å². The number of methoxy groups -OCH3 is 1. The van der Waals surface area contributed by atoms with Crippen LogP contribution in [0.4, 0.5) is 0 Å². The minimum atomic E-state index is -0.646. The van der Waals surface area contributed by atoms with Crippen LogP contribution in [0.15, 0.2) is 0 Å². The van der Waals surface area contributed by atoms with Gasteiger partial charge >= 0.3 is 5.97 Å². The SMILES string of the molecule is CCCCCCC1CC(C(C)(C)C(=O)OC)OO1. The average molecular weight is 258 g/mol. The Morgan fingerprint density at radius 1 is 1.28 bits per heavy atom. The molecule has 106 valence electrons. The molecule has 4 nitrogen and oxygen atoms in total. The monoisotopic (exact) mass is 258 g/mol. The molecule has 0 aromatic rings. The summed E-state index contributed by atoms with van der Waals surface area (Å²) in [6.07, 6.45) is 6.60. The van der Waals surface area contributed by atoms with Crippen molar-refractivity contribution in [3.05, 3.63) is 0 Å². The molecule has 4 heteroatoms. The molecule has 0 aromatic heterocycles. The third kappa shape index (κ3) is 3.95. The van der Waals surface area contributed by atoms with E-state index in [0.29, 0.717) is 0 Å². The van der Waals surface area contributed by atoms with Gasteiger partial charge in [0.15, 0.2) is 0 Å². The van der Waals surface area contributed by atoms with Crippen LogP contribution in [-0.2, 0) is 19.3 Å². The van der Waals surface area contributed by atoms with Crippen molar-refractivity contribution in [2.75, 3.05) is 7.11 Å². The Morgan fingerprint density at radius 2 is 2.00 bits per heavy atom. The van der Waals surface area contributed by atoms with Gasteiger partial charge in [-0.2, -0.15) is 0 Å². The van der Waals surface area contributed by atoms with E-state index in [-0.39, 0.29) is 18.2 Å². The molecular formula is C14H26O4. The zero-order chi connectivity index (χ0) is 13.6. The minimum Gasteiger partial charge on any atom is -0.469 e. The average Bonchev–Trinajstić information content (AvgIpc) is 2.83. The molecule has 2 unspecified atom stereocenters. The molecule has 0 aliphatic carbocycles. The van der Waals surface area contributed by atoms with Gasteiger partial charge in [0, 0.05) is 6.42 Å². The second kappa shape index (κ2) is 7.10. The molecule has 0 saturated carbocycles. The Labute approximate surface area is 110 Å². The van der Waals surface area contributed by atoms with E-state index in [1.807, 2.05) is 13.8 Å². The lowest BCUT2D eigenvalue weighted by Gasteiger charge is -2.25. The molecule has 1 fully saturated rings. The van der Waals surface area contributed by atoms with Crippen molar-refractivity contribution in [3.8, 4) is 0 Å². The number of carbonyl (C=O) groups excluding carboxylic acids is 1. The molecule has 1 rings (SSSR count). The fourth-order valence-corrected chi connectivity index (χ4v) is 2.24. The van der Waals surface area contributed by atoms with Crippen molar-refractivity contribution in [1.82, 2.24) is 0 Å². The van der Waals surface area contributed by atoms with Gasteiger partial charge in [-0.3, -0.25) is 4.79 Å². The highest BCUT2D eigenvalue weighted by molar-refractivity contribution is 5.76.